The number of rotatable bonds is 6. The van der Waals surface area contributed by atoms with E-state index in [2.05, 4.69) is 10.6 Å². The van der Waals surface area contributed by atoms with E-state index in [-0.39, 0.29) is 11.6 Å². The van der Waals surface area contributed by atoms with Gasteiger partial charge in [-0.25, -0.2) is 4.79 Å². The summed E-state index contributed by atoms with van der Waals surface area (Å²) in [5.74, 6) is 0.221. The van der Waals surface area contributed by atoms with Crippen molar-refractivity contribution in [3.05, 3.63) is 63.6 Å². The lowest BCUT2D eigenvalue weighted by Gasteiger charge is -2.24. The van der Waals surface area contributed by atoms with Crippen LogP contribution in [-0.4, -0.2) is 24.7 Å². The lowest BCUT2D eigenvalue weighted by molar-refractivity contribution is -0.123. The molecule has 0 heterocycles. The van der Waals surface area contributed by atoms with E-state index in [1.165, 1.54) is 6.07 Å². The maximum atomic E-state index is 12.9. The maximum absolute atomic E-state index is 12.9. The van der Waals surface area contributed by atoms with E-state index >= 15 is 0 Å². The third-order valence-electron chi connectivity index (χ3n) is 3.85. The number of methoxy groups -OCH3 is 1. The minimum Gasteiger partial charge on any atom is -0.496 e. The molecular formula is C21H24Cl2N2O4. The van der Waals surface area contributed by atoms with E-state index < -0.39 is 23.6 Å². The van der Waals surface area contributed by atoms with Gasteiger partial charge in [0.05, 0.1) is 17.2 Å². The van der Waals surface area contributed by atoms with Gasteiger partial charge in [-0.3, -0.25) is 4.79 Å². The summed E-state index contributed by atoms with van der Waals surface area (Å²) in [4.78, 5) is 25.2. The Morgan fingerprint density at radius 2 is 1.76 bits per heavy atom. The molecule has 0 radical (unpaired) electrons. The SMILES string of the molecule is COc1ccccc1CNC(=O)C(NC(=O)OC(C)(C)C)c1ccc(Cl)c(Cl)c1. The van der Waals surface area contributed by atoms with Crippen LogP contribution in [0.15, 0.2) is 42.5 Å². The Labute approximate surface area is 180 Å². The number of carbonyl (C=O) groups excluding carboxylic acids is 2. The fourth-order valence-corrected chi connectivity index (χ4v) is 2.86. The molecule has 2 rings (SSSR count). The highest BCUT2D eigenvalue weighted by Gasteiger charge is 2.26. The number of para-hydroxylation sites is 1. The topological polar surface area (TPSA) is 76.7 Å². The van der Waals surface area contributed by atoms with Crippen LogP contribution in [0.25, 0.3) is 0 Å². The Kier molecular flexibility index (Phi) is 7.76. The normalized spacial score (nSPS) is 12.1. The number of hydrogen-bond donors (Lipinski definition) is 2. The maximum Gasteiger partial charge on any atom is 0.408 e. The first-order valence-electron chi connectivity index (χ1n) is 8.95. The number of hydrogen-bond acceptors (Lipinski definition) is 4. The van der Waals surface area contributed by atoms with Crippen LogP contribution >= 0.6 is 23.2 Å². The minimum absolute atomic E-state index is 0.219. The molecule has 2 amide bonds. The molecule has 2 aromatic carbocycles. The van der Waals surface area contributed by atoms with Gasteiger partial charge in [-0.05, 0) is 44.5 Å². The first-order valence-corrected chi connectivity index (χ1v) is 9.70. The summed E-state index contributed by atoms with van der Waals surface area (Å²) in [7, 11) is 1.56. The van der Waals surface area contributed by atoms with Crippen LogP contribution < -0.4 is 15.4 Å². The molecule has 0 aliphatic heterocycles. The number of ether oxygens (including phenoxy) is 2. The van der Waals surface area contributed by atoms with Crippen molar-refractivity contribution >= 4 is 35.2 Å². The van der Waals surface area contributed by atoms with Crippen molar-refractivity contribution < 1.29 is 19.1 Å². The average molecular weight is 439 g/mol. The first-order chi connectivity index (χ1) is 13.6. The molecule has 1 unspecified atom stereocenters. The molecule has 0 saturated heterocycles. The highest BCUT2D eigenvalue weighted by atomic mass is 35.5. The fraction of sp³-hybridized carbons (Fsp3) is 0.333. The van der Waals surface area contributed by atoms with Crippen molar-refractivity contribution in [3.8, 4) is 5.75 Å². The molecule has 2 aromatic rings. The second kappa shape index (κ2) is 9.85. The Balaban J connectivity index is 2.22. The predicted octanol–water partition coefficient (Wildman–Crippen LogP) is 4.88. The van der Waals surface area contributed by atoms with Crippen LogP contribution in [0.1, 0.15) is 37.9 Å². The standard InChI is InChI=1S/C21H24Cl2N2O4/c1-21(2,3)29-20(27)25-18(13-9-10-15(22)16(23)11-13)19(26)24-12-14-7-5-6-8-17(14)28-4/h5-11,18H,12H2,1-4H3,(H,24,26)(H,25,27). The van der Waals surface area contributed by atoms with E-state index in [9.17, 15) is 9.59 Å². The molecule has 2 N–H and O–H groups in total. The Hall–Kier alpha value is -2.44. The lowest BCUT2D eigenvalue weighted by atomic mass is 10.1. The van der Waals surface area contributed by atoms with Crippen molar-refractivity contribution in [2.24, 2.45) is 0 Å². The van der Waals surface area contributed by atoms with Gasteiger partial charge in [0.15, 0.2) is 0 Å². The zero-order valence-corrected chi connectivity index (χ0v) is 18.2. The van der Waals surface area contributed by atoms with Crippen LogP contribution in [-0.2, 0) is 16.1 Å². The predicted molar refractivity (Wildman–Crippen MR) is 113 cm³/mol. The molecule has 0 bridgehead atoms. The fourth-order valence-electron chi connectivity index (χ4n) is 2.55. The third kappa shape index (κ3) is 6.84. The molecular weight excluding hydrogens is 415 g/mol. The van der Waals surface area contributed by atoms with Gasteiger partial charge in [0.25, 0.3) is 0 Å². The molecule has 29 heavy (non-hydrogen) atoms. The first kappa shape index (κ1) is 22.8. The average Bonchev–Trinajstić information content (AvgIpc) is 2.65. The summed E-state index contributed by atoms with van der Waals surface area (Å²) >= 11 is 12.1. The van der Waals surface area contributed by atoms with E-state index in [4.69, 9.17) is 32.7 Å². The van der Waals surface area contributed by atoms with Crippen molar-refractivity contribution in [1.82, 2.24) is 10.6 Å². The number of carbonyl (C=O) groups is 2. The zero-order valence-electron chi connectivity index (χ0n) is 16.7. The minimum atomic E-state index is -1.02. The number of nitrogens with one attached hydrogen (secondary N) is 2. The summed E-state index contributed by atoms with van der Waals surface area (Å²) in [6, 6.07) is 11.0. The number of amides is 2. The molecule has 8 heteroatoms. The van der Waals surface area contributed by atoms with Gasteiger partial charge >= 0.3 is 6.09 Å². The quantitative estimate of drug-likeness (QED) is 0.673. The largest absolute Gasteiger partial charge is 0.496 e. The molecule has 1 atom stereocenters. The van der Waals surface area contributed by atoms with Crippen LogP contribution in [0.2, 0.25) is 10.0 Å². The van der Waals surface area contributed by atoms with Crippen LogP contribution in [0.5, 0.6) is 5.75 Å². The summed E-state index contributed by atoms with van der Waals surface area (Å²) in [5.41, 5.74) is 0.566. The molecule has 0 aliphatic carbocycles. The lowest BCUT2D eigenvalue weighted by Crippen LogP contribution is -2.42. The molecule has 0 aromatic heterocycles. The van der Waals surface area contributed by atoms with Gasteiger partial charge in [-0.2, -0.15) is 0 Å². The Morgan fingerprint density at radius 3 is 2.38 bits per heavy atom. The van der Waals surface area contributed by atoms with Gasteiger partial charge < -0.3 is 20.1 Å². The van der Waals surface area contributed by atoms with E-state index in [1.54, 1.807) is 46.1 Å². The van der Waals surface area contributed by atoms with Crippen LogP contribution in [0, 0.1) is 0 Å². The monoisotopic (exact) mass is 438 g/mol. The van der Waals surface area contributed by atoms with Crippen molar-refractivity contribution in [2.45, 2.75) is 39.0 Å². The highest BCUT2D eigenvalue weighted by molar-refractivity contribution is 6.42. The molecule has 156 valence electrons. The van der Waals surface area contributed by atoms with Gasteiger partial charge in [-0.1, -0.05) is 47.5 Å². The van der Waals surface area contributed by atoms with Crippen LogP contribution in [0.4, 0.5) is 4.79 Å². The second-order valence-corrected chi connectivity index (χ2v) is 8.10. The molecule has 0 spiro atoms. The van der Waals surface area contributed by atoms with E-state index in [1.807, 2.05) is 18.2 Å². The van der Waals surface area contributed by atoms with Crippen molar-refractivity contribution in [3.63, 3.8) is 0 Å². The third-order valence-corrected chi connectivity index (χ3v) is 4.58. The molecule has 0 saturated carbocycles. The van der Waals surface area contributed by atoms with E-state index in [0.717, 1.165) is 5.56 Å². The van der Waals surface area contributed by atoms with Gasteiger partial charge in [0, 0.05) is 12.1 Å². The van der Waals surface area contributed by atoms with Crippen molar-refractivity contribution in [2.75, 3.05) is 7.11 Å². The smallest absolute Gasteiger partial charge is 0.408 e. The zero-order chi connectivity index (χ0) is 21.6. The molecule has 6 nitrogen and oxygen atoms in total. The summed E-state index contributed by atoms with van der Waals surface area (Å²) < 4.78 is 10.6. The Bertz CT molecular complexity index is 881. The van der Waals surface area contributed by atoms with Gasteiger partial charge in [0.2, 0.25) is 5.91 Å². The van der Waals surface area contributed by atoms with Gasteiger partial charge in [0.1, 0.15) is 17.4 Å². The Morgan fingerprint density at radius 1 is 1.07 bits per heavy atom. The number of benzene rings is 2. The van der Waals surface area contributed by atoms with Gasteiger partial charge in [-0.15, -0.1) is 0 Å². The summed E-state index contributed by atoms with van der Waals surface area (Å²) in [6.07, 6.45) is -0.721. The van der Waals surface area contributed by atoms with Crippen LogP contribution in [0.3, 0.4) is 0 Å². The second-order valence-electron chi connectivity index (χ2n) is 7.28. The molecule has 0 fully saturated rings. The molecule has 0 aliphatic rings. The summed E-state index contributed by atoms with van der Waals surface area (Å²) in [6.45, 7) is 5.43. The number of halogens is 2. The van der Waals surface area contributed by atoms with Crippen molar-refractivity contribution in [1.29, 1.82) is 0 Å². The highest BCUT2D eigenvalue weighted by Crippen LogP contribution is 2.26. The van der Waals surface area contributed by atoms with E-state index in [0.29, 0.717) is 16.3 Å². The summed E-state index contributed by atoms with van der Waals surface area (Å²) in [5, 5.41) is 6.03. The number of alkyl carbamates (subject to hydrolysis) is 1.